The maximum absolute atomic E-state index is 12.5. The Bertz CT molecular complexity index is 724. The fourth-order valence-corrected chi connectivity index (χ4v) is 4.18. The van der Waals surface area contributed by atoms with E-state index in [1.165, 1.54) is 25.7 Å². The molecule has 2 aliphatic rings. The molecule has 4 rings (SSSR count). The van der Waals surface area contributed by atoms with Crippen LogP contribution in [0, 0.1) is 11.8 Å². The summed E-state index contributed by atoms with van der Waals surface area (Å²) < 4.78 is 5.33. The van der Waals surface area contributed by atoms with Crippen molar-refractivity contribution in [2.75, 3.05) is 13.1 Å². The van der Waals surface area contributed by atoms with Gasteiger partial charge in [0.05, 0.1) is 5.56 Å². The molecular weight excluding hydrogens is 328 g/mol. The first kappa shape index (κ1) is 17.2. The SMILES string of the molecule is O=C(CC1CCCC1)N1CCC(CCc2noc(-c3cccnc3)n2)C1. The zero-order valence-electron chi connectivity index (χ0n) is 15.1. The van der Waals surface area contributed by atoms with Crippen molar-refractivity contribution in [2.24, 2.45) is 11.8 Å². The van der Waals surface area contributed by atoms with E-state index in [0.717, 1.165) is 50.2 Å². The highest BCUT2D eigenvalue weighted by Crippen LogP contribution is 2.29. The van der Waals surface area contributed by atoms with Gasteiger partial charge >= 0.3 is 0 Å². The van der Waals surface area contributed by atoms with Gasteiger partial charge in [-0.3, -0.25) is 9.78 Å². The highest BCUT2D eigenvalue weighted by Gasteiger charge is 2.28. The molecule has 2 aromatic heterocycles. The van der Waals surface area contributed by atoms with E-state index in [0.29, 0.717) is 23.6 Å². The van der Waals surface area contributed by atoms with Crippen LogP contribution in [0.2, 0.25) is 0 Å². The van der Waals surface area contributed by atoms with Crippen molar-refractivity contribution in [3.8, 4) is 11.5 Å². The van der Waals surface area contributed by atoms with Gasteiger partial charge in [0.15, 0.2) is 5.82 Å². The van der Waals surface area contributed by atoms with Gasteiger partial charge in [-0.2, -0.15) is 4.98 Å². The number of aromatic nitrogens is 3. The Hall–Kier alpha value is -2.24. The molecule has 0 aromatic carbocycles. The summed E-state index contributed by atoms with van der Waals surface area (Å²) in [6.07, 6.45) is 12.1. The highest BCUT2D eigenvalue weighted by molar-refractivity contribution is 5.76. The molecule has 2 aromatic rings. The lowest BCUT2D eigenvalue weighted by molar-refractivity contribution is -0.131. The molecule has 1 saturated heterocycles. The topological polar surface area (TPSA) is 72.1 Å². The molecule has 1 amide bonds. The number of pyridine rings is 1. The Kier molecular flexibility index (Phi) is 5.27. The Labute approximate surface area is 154 Å². The van der Waals surface area contributed by atoms with E-state index >= 15 is 0 Å². The van der Waals surface area contributed by atoms with Crippen LogP contribution in [0.5, 0.6) is 0 Å². The molecule has 0 spiro atoms. The van der Waals surface area contributed by atoms with Crippen LogP contribution in [0.3, 0.4) is 0 Å². The summed E-state index contributed by atoms with van der Waals surface area (Å²) in [5.41, 5.74) is 0.843. The highest BCUT2D eigenvalue weighted by atomic mass is 16.5. The molecular formula is C20H26N4O2. The molecule has 2 fully saturated rings. The molecule has 0 bridgehead atoms. The Morgan fingerprint density at radius 1 is 1.23 bits per heavy atom. The van der Waals surface area contributed by atoms with Crippen molar-refractivity contribution >= 4 is 5.91 Å². The lowest BCUT2D eigenvalue weighted by Gasteiger charge is -2.18. The van der Waals surface area contributed by atoms with E-state index in [4.69, 9.17) is 4.52 Å². The predicted molar refractivity (Wildman–Crippen MR) is 97.1 cm³/mol. The number of rotatable bonds is 6. The number of hydrogen-bond acceptors (Lipinski definition) is 5. The normalized spacial score (nSPS) is 20.8. The average molecular weight is 354 g/mol. The molecule has 1 aliphatic carbocycles. The maximum atomic E-state index is 12.5. The summed E-state index contributed by atoms with van der Waals surface area (Å²) in [4.78, 5) is 23.1. The van der Waals surface area contributed by atoms with Gasteiger partial charge < -0.3 is 9.42 Å². The fourth-order valence-electron chi connectivity index (χ4n) is 4.18. The van der Waals surface area contributed by atoms with Crippen LogP contribution in [0.1, 0.15) is 50.8 Å². The smallest absolute Gasteiger partial charge is 0.259 e. The molecule has 1 saturated carbocycles. The third kappa shape index (κ3) is 4.11. The molecule has 1 aliphatic heterocycles. The van der Waals surface area contributed by atoms with Gasteiger partial charge in [-0.05, 0) is 49.7 Å². The van der Waals surface area contributed by atoms with Crippen LogP contribution in [-0.2, 0) is 11.2 Å². The summed E-state index contributed by atoms with van der Waals surface area (Å²) >= 11 is 0. The number of nitrogens with zero attached hydrogens (tertiary/aromatic N) is 4. The van der Waals surface area contributed by atoms with E-state index < -0.39 is 0 Å². The van der Waals surface area contributed by atoms with Crippen LogP contribution < -0.4 is 0 Å². The monoisotopic (exact) mass is 354 g/mol. The van der Waals surface area contributed by atoms with Gasteiger partial charge in [-0.1, -0.05) is 18.0 Å². The van der Waals surface area contributed by atoms with Gasteiger partial charge in [0.1, 0.15) is 0 Å². The van der Waals surface area contributed by atoms with Crippen molar-refractivity contribution in [1.29, 1.82) is 0 Å². The molecule has 0 N–H and O–H groups in total. The van der Waals surface area contributed by atoms with Crippen LogP contribution in [-0.4, -0.2) is 39.0 Å². The van der Waals surface area contributed by atoms with Gasteiger partial charge in [0.2, 0.25) is 5.91 Å². The molecule has 1 atom stereocenters. The van der Waals surface area contributed by atoms with Gasteiger partial charge in [-0.15, -0.1) is 0 Å². The van der Waals surface area contributed by atoms with Crippen molar-refractivity contribution < 1.29 is 9.32 Å². The summed E-state index contributed by atoms with van der Waals surface area (Å²) in [6.45, 7) is 1.79. The summed E-state index contributed by atoms with van der Waals surface area (Å²) in [7, 11) is 0. The first-order valence-electron chi connectivity index (χ1n) is 9.78. The van der Waals surface area contributed by atoms with Gasteiger partial charge in [0, 0.05) is 38.3 Å². The first-order valence-corrected chi connectivity index (χ1v) is 9.78. The molecule has 1 unspecified atom stereocenters. The lowest BCUT2D eigenvalue weighted by atomic mass is 10.0. The first-order chi connectivity index (χ1) is 12.8. The third-order valence-electron chi connectivity index (χ3n) is 5.73. The second-order valence-electron chi connectivity index (χ2n) is 7.65. The summed E-state index contributed by atoms with van der Waals surface area (Å²) in [5, 5.41) is 4.08. The Morgan fingerprint density at radius 3 is 2.92 bits per heavy atom. The van der Waals surface area contributed by atoms with Crippen molar-refractivity contribution in [1.82, 2.24) is 20.0 Å². The van der Waals surface area contributed by atoms with Crippen molar-refractivity contribution in [3.05, 3.63) is 30.4 Å². The number of aryl methyl sites for hydroxylation is 1. The number of amides is 1. The number of carbonyl (C=O) groups excluding carboxylic acids is 1. The van der Waals surface area contributed by atoms with Gasteiger partial charge in [0.25, 0.3) is 5.89 Å². The summed E-state index contributed by atoms with van der Waals surface area (Å²) in [6, 6.07) is 3.77. The Morgan fingerprint density at radius 2 is 2.12 bits per heavy atom. The zero-order valence-corrected chi connectivity index (χ0v) is 15.1. The standard InChI is InChI=1S/C20H26N4O2/c25-19(12-15-4-1-2-5-15)24-11-9-16(14-24)7-8-18-22-20(26-23-18)17-6-3-10-21-13-17/h3,6,10,13,15-16H,1-2,4-5,7-9,11-12,14H2. The average Bonchev–Trinajstić information content (AvgIpc) is 3.42. The van der Waals surface area contributed by atoms with Crippen molar-refractivity contribution in [2.45, 2.75) is 51.4 Å². The van der Waals surface area contributed by atoms with E-state index in [1.807, 2.05) is 12.1 Å². The number of likely N-dealkylation sites (tertiary alicyclic amines) is 1. The summed E-state index contributed by atoms with van der Waals surface area (Å²) in [5.74, 6) is 2.79. The van der Waals surface area contributed by atoms with E-state index in [2.05, 4.69) is 20.0 Å². The van der Waals surface area contributed by atoms with Crippen LogP contribution in [0.25, 0.3) is 11.5 Å². The van der Waals surface area contributed by atoms with Crippen LogP contribution in [0.15, 0.2) is 29.0 Å². The van der Waals surface area contributed by atoms with E-state index in [9.17, 15) is 4.79 Å². The minimum atomic E-state index is 0.359. The molecule has 26 heavy (non-hydrogen) atoms. The van der Waals surface area contributed by atoms with Crippen LogP contribution >= 0.6 is 0 Å². The third-order valence-corrected chi connectivity index (χ3v) is 5.73. The Balaban J connectivity index is 1.24. The lowest BCUT2D eigenvalue weighted by Crippen LogP contribution is -2.30. The molecule has 138 valence electrons. The second-order valence-corrected chi connectivity index (χ2v) is 7.65. The predicted octanol–water partition coefficient (Wildman–Crippen LogP) is 3.49. The minimum Gasteiger partial charge on any atom is -0.342 e. The minimum absolute atomic E-state index is 0.359. The quantitative estimate of drug-likeness (QED) is 0.794. The number of hydrogen-bond donors (Lipinski definition) is 0. The largest absolute Gasteiger partial charge is 0.342 e. The number of carbonyl (C=O) groups is 1. The van der Waals surface area contributed by atoms with Crippen LogP contribution in [0.4, 0.5) is 0 Å². The van der Waals surface area contributed by atoms with E-state index in [1.54, 1.807) is 12.4 Å². The molecule has 6 nitrogen and oxygen atoms in total. The van der Waals surface area contributed by atoms with Gasteiger partial charge in [-0.25, -0.2) is 0 Å². The maximum Gasteiger partial charge on any atom is 0.259 e. The van der Waals surface area contributed by atoms with E-state index in [-0.39, 0.29) is 0 Å². The fraction of sp³-hybridized carbons (Fsp3) is 0.600. The van der Waals surface area contributed by atoms with Crippen molar-refractivity contribution in [3.63, 3.8) is 0 Å². The molecule has 0 radical (unpaired) electrons. The molecule has 3 heterocycles. The second kappa shape index (κ2) is 7.98. The zero-order chi connectivity index (χ0) is 17.8. The molecule has 6 heteroatoms.